The summed E-state index contributed by atoms with van der Waals surface area (Å²) in [4.78, 5) is 36.4. The Bertz CT molecular complexity index is 982. The molecule has 1 saturated heterocycles. The van der Waals surface area contributed by atoms with E-state index in [1.807, 2.05) is 13.8 Å². The molecule has 0 atom stereocenters. The SMILES string of the molecule is COc1cc(/C=C/C(=O)Oc2ccc(N3CC(=O)NC3=O)cc2)ccc1OC(C)C. The number of nitrogens with one attached hydrogen (secondary N) is 1. The molecule has 1 heterocycles. The second-order valence-corrected chi connectivity index (χ2v) is 6.76. The summed E-state index contributed by atoms with van der Waals surface area (Å²) in [5, 5.41) is 2.20. The number of ether oxygens (including phenoxy) is 3. The van der Waals surface area contributed by atoms with E-state index in [1.54, 1.807) is 55.7 Å². The molecule has 30 heavy (non-hydrogen) atoms. The van der Waals surface area contributed by atoms with Crippen molar-refractivity contribution >= 4 is 29.7 Å². The maximum atomic E-state index is 12.1. The van der Waals surface area contributed by atoms with Gasteiger partial charge in [0.1, 0.15) is 12.3 Å². The van der Waals surface area contributed by atoms with Gasteiger partial charge in [-0.3, -0.25) is 15.0 Å². The Labute approximate surface area is 174 Å². The number of anilines is 1. The van der Waals surface area contributed by atoms with E-state index in [0.29, 0.717) is 22.9 Å². The standard InChI is InChI=1S/C22H22N2O6/c1-14(2)29-18-10-4-15(12-19(18)28-3)5-11-21(26)30-17-8-6-16(7-9-17)24-13-20(25)23-22(24)27/h4-12,14H,13H2,1-3H3,(H,23,25,27)/b11-5+. The van der Waals surface area contributed by atoms with Crippen LogP contribution < -0.4 is 24.4 Å². The first-order valence-corrected chi connectivity index (χ1v) is 9.31. The van der Waals surface area contributed by atoms with E-state index in [9.17, 15) is 14.4 Å². The smallest absolute Gasteiger partial charge is 0.336 e. The molecule has 156 valence electrons. The molecule has 2 aromatic carbocycles. The summed E-state index contributed by atoms with van der Waals surface area (Å²) in [5.74, 6) is 0.594. The summed E-state index contributed by atoms with van der Waals surface area (Å²) < 4.78 is 16.3. The van der Waals surface area contributed by atoms with Gasteiger partial charge in [-0.1, -0.05) is 6.07 Å². The minimum atomic E-state index is -0.557. The number of methoxy groups -OCH3 is 1. The molecular formula is C22H22N2O6. The Morgan fingerprint density at radius 2 is 1.83 bits per heavy atom. The number of rotatable bonds is 7. The Kier molecular flexibility index (Phi) is 6.36. The number of hydrogen-bond acceptors (Lipinski definition) is 6. The summed E-state index contributed by atoms with van der Waals surface area (Å²) in [7, 11) is 1.55. The molecule has 3 amide bonds. The number of imide groups is 1. The Hall–Kier alpha value is -3.81. The van der Waals surface area contributed by atoms with Gasteiger partial charge in [0, 0.05) is 11.8 Å². The molecule has 8 nitrogen and oxygen atoms in total. The zero-order chi connectivity index (χ0) is 21.7. The summed E-state index contributed by atoms with van der Waals surface area (Å²) in [6.45, 7) is 3.82. The van der Waals surface area contributed by atoms with Crippen molar-refractivity contribution in [3.05, 3.63) is 54.1 Å². The van der Waals surface area contributed by atoms with E-state index in [1.165, 1.54) is 11.0 Å². The van der Waals surface area contributed by atoms with Gasteiger partial charge in [-0.05, 0) is 61.9 Å². The van der Waals surface area contributed by atoms with Crippen molar-refractivity contribution in [1.82, 2.24) is 5.32 Å². The van der Waals surface area contributed by atoms with Crippen LogP contribution in [0.4, 0.5) is 10.5 Å². The Morgan fingerprint density at radius 1 is 1.10 bits per heavy atom. The predicted molar refractivity (Wildman–Crippen MR) is 111 cm³/mol. The maximum absolute atomic E-state index is 12.1. The number of esters is 1. The van der Waals surface area contributed by atoms with Gasteiger partial charge in [0.15, 0.2) is 11.5 Å². The van der Waals surface area contributed by atoms with Crippen molar-refractivity contribution in [1.29, 1.82) is 0 Å². The molecule has 8 heteroatoms. The van der Waals surface area contributed by atoms with E-state index < -0.39 is 12.0 Å². The van der Waals surface area contributed by atoms with Crippen LogP contribution in [0.5, 0.6) is 17.2 Å². The van der Waals surface area contributed by atoms with Crippen LogP contribution in [0.15, 0.2) is 48.5 Å². The van der Waals surface area contributed by atoms with E-state index >= 15 is 0 Å². The maximum Gasteiger partial charge on any atom is 0.336 e. The highest BCUT2D eigenvalue weighted by Gasteiger charge is 2.27. The lowest BCUT2D eigenvalue weighted by Crippen LogP contribution is -2.27. The third-order valence-electron chi connectivity index (χ3n) is 4.12. The lowest BCUT2D eigenvalue weighted by atomic mass is 10.2. The van der Waals surface area contributed by atoms with E-state index in [2.05, 4.69) is 5.32 Å². The van der Waals surface area contributed by atoms with Crippen LogP contribution in [0.2, 0.25) is 0 Å². The van der Waals surface area contributed by atoms with Gasteiger partial charge in [-0.2, -0.15) is 0 Å². The largest absolute Gasteiger partial charge is 0.493 e. The molecule has 2 aromatic rings. The van der Waals surface area contributed by atoms with E-state index in [4.69, 9.17) is 14.2 Å². The van der Waals surface area contributed by atoms with Crippen LogP contribution in [0.25, 0.3) is 6.08 Å². The number of nitrogens with zero attached hydrogens (tertiary/aromatic N) is 1. The Morgan fingerprint density at radius 3 is 2.43 bits per heavy atom. The highest BCUT2D eigenvalue weighted by atomic mass is 16.5. The van der Waals surface area contributed by atoms with Crippen molar-refractivity contribution in [3.63, 3.8) is 0 Å². The number of hydrogen-bond donors (Lipinski definition) is 1. The van der Waals surface area contributed by atoms with Crippen molar-refractivity contribution in [2.45, 2.75) is 20.0 Å². The van der Waals surface area contributed by atoms with Crippen molar-refractivity contribution < 1.29 is 28.6 Å². The van der Waals surface area contributed by atoms with Gasteiger partial charge >= 0.3 is 12.0 Å². The van der Waals surface area contributed by atoms with E-state index in [-0.39, 0.29) is 18.6 Å². The molecule has 1 fully saturated rings. The molecular weight excluding hydrogens is 388 g/mol. The van der Waals surface area contributed by atoms with Crippen LogP contribution in [-0.4, -0.2) is 37.7 Å². The van der Waals surface area contributed by atoms with Crippen LogP contribution in [-0.2, 0) is 9.59 Å². The molecule has 0 saturated carbocycles. The fraction of sp³-hybridized carbons (Fsp3) is 0.227. The fourth-order valence-corrected chi connectivity index (χ4v) is 2.80. The normalized spacial score (nSPS) is 13.7. The first-order chi connectivity index (χ1) is 14.4. The van der Waals surface area contributed by atoms with Gasteiger partial charge in [-0.25, -0.2) is 9.59 Å². The van der Waals surface area contributed by atoms with Gasteiger partial charge in [0.2, 0.25) is 5.91 Å². The minimum absolute atomic E-state index is 0.0157. The second-order valence-electron chi connectivity index (χ2n) is 6.76. The number of amides is 3. The summed E-state index contributed by atoms with van der Waals surface area (Å²) >= 11 is 0. The third kappa shape index (κ3) is 5.16. The third-order valence-corrected chi connectivity index (χ3v) is 4.12. The molecule has 1 aliphatic heterocycles. The molecule has 0 spiro atoms. The summed E-state index contributed by atoms with van der Waals surface area (Å²) in [6.07, 6.45) is 2.93. The molecule has 3 rings (SSSR count). The number of carbonyl (C=O) groups excluding carboxylic acids is 3. The second kappa shape index (κ2) is 9.13. The molecule has 0 unspecified atom stereocenters. The van der Waals surface area contributed by atoms with Crippen molar-refractivity contribution in [2.75, 3.05) is 18.6 Å². The molecule has 0 aliphatic carbocycles. The number of carbonyl (C=O) groups is 3. The Balaban J connectivity index is 1.62. The van der Waals surface area contributed by atoms with Crippen molar-refractivity contribution in [3.8, 4) is 17.2 Å². The van der Waals surface area contributed by atoms with Crippen LogP contribution in [0.1, 0.15) is 19.4 Å². The number of urea groups is 1. The number of benzene rings is 2. The molecule has 0 bridgehead atoms. The lowest BCUT2D eigenvalue weighted by molar-refractivity contribution is -0.128. The quantitative estimate of drug-likeness (QED) is 0.326. The monoisotopic (exact) mass is 410 g/mol. The molecule has 0 radical (unpaired) electrons. The molecule has 0 aromatic heterocycles. The average molecular weight is 410 g/mol. The van der Waals surface area contributed by atoms with Crippen LogP contribution in [0.3, 0.4) is 0 Å². The van der Waals surface area contributed by atoms with Gasteiger partial charge in [0.25, 0.3) is 0 Å². The first kappa shape index (κ1) is 20.9. The molecule has 1 aliphatic rings. The zero-order valence-electron chi connectivity index (χ0n) is 16.9. The predicted octanol–water partition coefficient (Wildman–Crippen LogP) is 3.16. The first-order valence-electron chi connectivity index (χ1n) is 9.31. The van der Waals surface area contributed by atoms with Gasteiger partial charge in [0.05, 0.1) is 13.2 Å². The zero-order valence-corrected chi connectivity index (χ0v) is 16.9. The van der Waals surface area contributed by atoms with Gasteiger partial charge in [-0.15, -0.1) is 0 Å². The van der Waals surface area contributed by atoms with Crippen LogP contribution >= 0.6 is 0 Å². The highest BCUT2D eigenvalue weighted by molar-refractivity contribution is 6.12. The summed E-state index contributed by atoms with van der Waals surface area (Å²) in [5.41, 5.74) is 1.28. The topological polar surface area (TPSA) is 94.2 Å². The van der Waals surface area contributed by atoms with Crippen LogP contribution in [0, 0.1) is 0 Å². The fourth-order valence-electron chi connectivity index (χ4n) is 2.80. The lowest BCUT2D eigenvalue weighted by Gasteiger charge is -2.13. The molecule has 1 N–H and O–H groups in total. The van der Waals surface area contributed by atoms with Crippen molar-refractivity contribution in [2.24, 2.45) is 0 Å². The van der Waals surface area contributed by atoms with E-state index in [0.717, 1.165) is 5.56 Å². The average Bonchev–Trinajstić information content (AvgIpc) is 3.05. The summed E-state index contributed by atoms with van der Waals surface area (Å²) in [6, 6.07) is 11.2. The minimum Gasteiger partial charge on any atom is -0.493 e. The highest BCUT2D eigenvalue weighted by Crippen LogP contribution is 2.29. The van der Waals surface area contributed by atoms with Gasteiger partial charge < -0.3 is 14.2 Å².